The molecule has 0 saturated heterocycles. The number of para-hydroxylation sites is 2. The molecule has 1 aromatic heterocycles. The fourth-order valence-corrected chi connectivity index (χ4v) is 5.97. The molecule has 0 spiro atoms. The zero-order valence-electron chi connectivity index (χ0n) is 29.6. The van der Waals surface area contributed by atoms with Crippen molar-refractivity contribution in [1.82, 2.24) is 4.98 Å². The molecule has 6 rings (SSSR count). The minimum atomic E-state index is -0.223. The van der Waals surface area contributed by atoms with Crippen LogP contribution in [0.5, 0.6) is 5.75 Å². The van der Waals surface area contributed by atoms with E-state index in [0.717, 1.165) is 33.3 Å². The predicted octanol–water partition coefficient (Wildman–Crippen LogP) is 12.2. The lowest BCUT2D eigenvalue weighted by molar-refractivity contribution is 0.444. The minimum absolute atomic E-state index is 0.0816. The molecule has 0 saturated carbocycles. The lowest BCUT2D eigenvalue weighted by atomic mass is 9.79. The number of rotatable bonds is 5. The molecular weight excluding hydrogens is 588 g/mol. The van der Waals surface area contributed by atoms with Crippen molar-refractivity contribution in [2.45, 2.75) is 78.6 Å². The van der Waals surface area contributed by atoms with Crippen LogP contribution >= 0.6 is 0 Å². The predicted molar refractivity (Wildman–Crippen MR) is 202 cm³/mol. The van der Waals surface area contributed by atoms with Crippen LogP contribution in [-0.4, -0.2) is 16.3 Å². The molecule has 0 radical (unpaired) electrons. The van der Waals surface area contributed by atoms with E-state index < -0.39 is 0 Å². The highest BCUT2D eigenvalue weighted by Gasteiger charge is 2.25. The lowest BCUT2D eigenvalue weighted by Crippen LogP contribution is -2.17. The fraction of sp³-hybridized carbons (Fsp3) is 0.273. The highest BCUT2D eigenvalue weighted by Crippen LogP contribution is 2.39. The molecule has 4 heteroatoms. The summed E-state index contributed by atoms with van der Waals surface area (Å²) in [6.45, 7) is 19.6. The first-order valence-corrected chi connectivity index (χ1v) is 16.7. The molecule has 244 valence electrons. The Morgan fingerprint density at radius 1 is 0.604 bits per heavy atom. The SMILES string of the molecule is CC(C)(C)c1cccc(-c2ccc(-c3cccc4oc(-c5ccccc5N=Cc5cc(C(C)(C)C)cc(C(C)(C)C)c5O)nc34)cc2)c1. The summed E-state index contributed by atoms with van der Waals surface area (Å²) in [6, 6.07) is 35.5. The fourth-order valence-electron chi connectivity index (χ4n) is 5.97. The molecule has 0 atom stereocenters. The van der Waals surface area contributed by atoms with Crippen LogP contribution < -0.4 is 0 Å². The van der Waals surface area contributed by atoms with E-state index in [9.17, 15) is 5.11 Å². The van der Waals surface area contributed by atoms with Crippen LogP contribution in [0, 0.1) is 0 Å². The number of hydrogen-bond acceptors (Lipinski definition) is 4. The van der Waals surface area contributed by atoms with Crippen molar-refractivity contribution in [3.05, 3.63) is 125 Å². The van der Waals surface area contributed by atoms with Gasteiger partial charge in [0.15, 0.2) is 5.58 Å². The molecule has 48 heavy (non-hydrogen) atoms. The van der Waals surface area contributed by atoms with Crippen molar-refractivity contribution in [2.24, 2.45) is 4.99 Å². The van der Waals surface area contributed by atoms with Crippen molar-refractivity contribution in [3.8, 4) is 39.5 Å². The topological polar surface area (TPSA) is 58.6 Å². The van der Waals surface area contributed by atoms with E-state index in [1.165, 1.54) is 16.7 Å². The molecule has 1 heterocycles. The molecule has 0 fully saturated rings. The van der Waals surface area contributed by atoms with Gasteiger partial charge in [0, 0.05) is 22.9 Å². The molecule has 0 amide bonds. The number of aliphatic imine (C=N–C) groups is 1. The van der Waals surface area contributed by atoms with E-state index in [4.69, 9.17) is 14.4 Å². The summed E-state index contributed by atoms with van der Waals surface area (Å²) in [5.74, 6) is 0.764. The number of nitrogens with zero attached hydrogens (tertiary/aromatic N) is 2. The maximum atomic E-state index is 11.3. The van der Waals surface area contributed by atoms with Gasteiger partial charge in [-0.3, -0.25) is 4.99 Å². The van der Waals surface area contributed by atoms with Crippen LogP contribution in [0.3, 0.4) is 0 Å². The van der Waals surface area contributed by atoms with Crippen molar-refractivity contribution in [1.29, 1.82) is 0 Å². The summed E-state index contributed by atoms with van der Waals surface area (Å²) >= 11 is 0. The van der Waals surface area contributed by atoms with Gasteiger partial charge in [-0.1, -0.05) is 141 Å². The highest BCUT2D eigenvalue weighted by molar-refractivity contribution is 5.94. The Kier molecular flexibility index (Phi) is 8.41. The van der Waals surface area contributed by atoms with Gasteiger partial charge >= 0.3 is 0 Å². The van der Waals surface area contributed by atoms with Crippen molar-refractivity contribution in [2.75, 3.05) is 0 Å². The first-order chi connectivity index (χ1) is 22.6. The second kappa shape index (κ2) is 12.2. The Morgan fingerprint density at radius 3 is 1.94 bits per heavy atom. The van der Waals surface area contributed by atoms with Crippen LogP contribution in [0.15, 0.2) is 113 Å². The van der Waals surface area contributed by atoms with Crippen molar-refractivity contribution < 1.29 is 9.52 Å². The van der Waals surface area contributed by atoms with Gasteiger partial charge in [-0.2, -0.15) is 0 Å². The Balaban J connectivity index is 1.36. The number of oxazole rings is 1. The summed E-state index contributed by atoms with van der Waals surface area (Å²) in [4.78, 5) is 9.90. The van der Waals surface area contributed by atoms with Gasteiger partial charge in [0.2, 0.25) is 5.89 Å². The third-order valence-electron chi connectivity index (χ3n) is 8.97. The summed E-state index contributed by atoms with van der Waals surface area (Å²) in [5, 5.41) is 11.3. The quantitative estimate of drug-likeness (QED) is 0.192. The van der Waals surface area contributed by atoms with Crippen LogP contribution in [0.2, 0.25) is 0 Å². The van der Waals surface area contributed by atoms with E-state index in [1.807, 2.05) is 42.5 Å². The van der Waals surface area contributed by atoms with Gasteiger partial charge in [0.1, 0.15) is 11.3 Å². The van der Waals surface area contributed by atoms with Gasteiger partial charge in [-0.05, 0) is 68.3 Å². The number of hydrogen-bond donors (Lipinski definition) is 1. The number of phenols is 1. The molecular formula is C44H46N2O2. The average molecular weight is 635 g/mol. The van der Waals surface area contributed by atoms with E-state index in [1.54, 1.807) is 6.21 Å². The number of aromatic hydroxyl groups is 1. The maximum absolute atomic E-state index is 11.3. The number of benzene rings is 5. The van der Waals surface area contributed by atoms with Gasteiger partial charge in [-0.15, -0.1) is 0 Å². The zero-order chi connectivity index (χ0) is 34.4. The Labute approximate surface area is 285 Å². The van der Waals surface area contributed by atoms with E-state index in [2.05, 4.69) is 123 Å². The van der Waals surface area contributed by atoms with Crippen LogP contribution in [0.1, 0.15) is 84.6 Å². The molecule has 0 aliphatic rings. The standard InChI is InChI=1S/C44H46N2O2/c1-42(2,3)32-15-12-14-30(24-32)28-20-22-29(23-21-28)34-17-13-19-38-39(34)46-41(48-38)35-16-10-11-18-37(35)45-27-31-25-33(43(4,5)6)26-36(40(31)47)44(7,8)9/h10-27,47H,1-9H3. The summed E-state index contributed by atoms with van der Waals surface area (Å²) in [7, 11) is 0. The van der Waals surface area contributed by atoms with Crippen molar-refractivity contribution in [3.63, 3.8) is 0 Å². The zero-order valence-corrected chi connectivity index (χ0v) is 29.6. The summed E-state index contributed by atoms with van der Waals surface area (Å²) in [5.41, 5.74) is 11.3. The first kappa shape index (κ1) is 33.0. The van der Waals surface area contributed by atoms with E-state index in [-0.39, 0.29) is 22.0 Å². The van der Waals surface area contributed by atoms with Crippen LogP contribution in [0.25, 0.3) is 44.8 Å². The second-order valence-corrected chi connectivity index (χ2v) is 15.8. The van der Waals surface area contributed by atoms with Gasteiger partial charge in [0.05, 0.1) is 11.3 Å². The Morgan fingerprint density at radius 2 is 1.25 bits per heavy atom. The first-order valence-electron chi connectivity index (χ1n) is 16.7. The molecule has 0 bridgehead atoms. The molecule has 4 nitrogen and oxygen atoms in total. The van der Waals surface area contributed by atoms with Crippen LogP contribution in [0.4, 0.5) is 5.69 Å². The average Bonchev–Trinajstić information content (AvgIpc) is 3.48. The number of aromatic nitrogens is 1. The molecule has 6 aromatic rings. The van der Waals surface area contributed by atoms with Gasteiger partial charge in [-0.25, -0.2) is 4.98 Å². The molecule has 0 aliphatic carbocycles. The van der Waals surface area contributed by atoms with Crippen molar-refractivity contribution >= 4 is 23.0 Å². The Bertz CT molecular complexity index is 2130. The number of fused-ring (bicyclic) bond motifs is 1. The molecule has 0 aliphatic heterocycles. The van der Waals surface area contributed by atoms with Gasteiger partial charge < -0.3 is 9.52 Å². The maximum Gasteiger partial charge on any atom is 0.229 e. The van der Waals surface area contributed by atoms with E-state index in [0.29, 0.717) is 22.7 Å². The summed E-state index contributed by atoms with van der Waals surface area (Å²) in [6.07, 6.45) is 1.76. The smallest absolute Gasteiger partial charge is 0.229 e. The third-order valence-corrected chi connectivity index (χ3v) is 8.97. The molecule has 5 aromatic carbocycles. The monoisotopic (exact) mass is 634 g/mol. The minimum Gasteiger partial charge on any atom is -0.507 e. The second-order valence-electron chi connectivity index (χ2n) is 15.8. The molecule has 0 unspecified atom stereocenters. The summed E-state index contributed by atoms with van der Waals surface area (Å²) < 4.78 is 6.36. The Hall–Kier alpha value is -4.96. The van der Waals surface area contributed by atoms with Gasteiger partial charge in [0.25, 0.3) is 0 Å². The molecule has 1 N–H and O–H groups in total. The largest absolute Gasteiger partial charge is 0.507 e. The highest BCUT2D eigenvalue weighted by atomic mass is 16.3. The van der Waals surface area contributed by atoms with E-state index >= 15 is 0 Å². The van der Waals surface area contributed by atoms with Crippen LogP contribution in [-0.2, 0) is 16.2 Å². The third kappa shape index (κ3) is 6.71. The lowest BCUT2D eigenvalue weighted by Gasteiger charge is -2.27. The normalized spacial score (nSPS) is 12.7. The number of phenolic OH excluding ortho intramolecular Hbond substituents is 1.